The van der Waals surface area contributed by atoms with Crippen LogP contribution in [0.25, 0.3) is 22.3 Å². The number of benzene rings is 2. The Morgan fingerprint density at radius 1 is 0.857 bits per heavy atom. The van der Waals surface area contributed by atoms with Gasteiger partial charge in [-0.25, -0.2) is 27.5 Å². The van der Waals surface area contributed by atoms with Gasteiger partial charge >= 0.3 is 0 Å². The summed E-state index contributed by atoms with van der Waals surface area (Å²) in [6, 6.07) is 5.57. The Balaban J connectivity index is 2.27. The van der Waals surface area contributed by atoms with Crippen LogP contribution >= 0.6 is 11.6 Å². The molecule has 0 saturated heterocycles. The Kier molecular flexibility index (Phi) is 3.25. The maximum absolute atomic E-state index is 13.6. The molecule has 0 N–H and O–H groups in total. The number of halogens is 5. The van der Waals surface area contributed by atoms with Gasteiger partial charge in [-0.2, -0.15) is 0 Å². The van der Waals surface area contributed by atoms with Gasteiger partial charge in [0.1, 0.15) is 11.0 Å². The number of rotatable bonds is 1. The van der Waals surface area contributed by atoms with Crippen molar-refractivity contribution in [3.05, 3.63) is 58.8 Å². The molecule has 0 aliphatic carbocycles. The average Bonchev–Trinajstić information content (AvgIpc) is 2.44. The summed E-state index contributed by atoms with van der Waals surface area (Å²) in [5.74, 6) is -5.07. The van der Waals surface area contributed by atoms with E-state index in [2.05, 4.69) is 9.97 Å². The van der Waals surface area contributed by atoms with E-state index < -0.39 is 23.3 Å². The van der Waals surface area contributed by atoms with Crippen LogP contribution in [0.2, 0.25) is 5.15 Å². The molecule has 0 unspecified atom stereocenters. The summed E-state index contributed by atoms with van der Waals surface area (Å²) in [4.78, 5) is 7.79. The molecule has 3 rings (SSSR count). The van der Waals surface area contributed by atoms with Crippen molar-refractivity contribution >= 4 is 22.5 Å². The topological polar surface area (TPSA) is 25.8 Å². The summed E-state index contributed by atoms with van der Waals surface area (Å²) in [6.45, 7) is 0. The third kappa shape index (κ3) is 2.31. The van der Waals surface area contributed by atoms with E-state index >= 15 is 0 Å². The van der Waals surface area contributed by atoms with Gasteiger partial charge in [0.05, 0.1) is 10.9 Å². The van der Waals surface area contributed by atoms with Crippen LogP contribution in [-0.2, 0) is 0 Å². The molecule has 1 aromatic heterocycles. The van der Waals surface area contributed by atoms with Gasteiger partial charge < -0.3 is 0 Å². The molecule has 106 valence electrons. The molecule has 2 aromatic carbocycles. The van der Waals surface area contributed by atoms with Gasteiger partial charge in [-0.1, -0.05) is 17.7 Å². The molecule has 0 aliphatic heterocycles. The second-order valence-corrected chi connectivity index (χ2v) is 4.58. The van der Waals surface area contributed by atoms with E-state index in [4.69, 9.17) is 11.6 Å². The third-order valence-corrected chi connectivity index (χ3v) is 3.14. The molecule has 7 heteroatoms. The molecule has 0 radical (unpaired) electrons. The largest absolute Gasteiger partial charge is 0.228 e. The lowest BCUT2D eigenvalue weighted by Crippen LogP contribution is -1.97. The fourth-order valence-electron chi connectivity index (χ4n) is 1.91. The van der Waals surface area contributed by atoms with Crippen LogP contribution in [0.15, 0.2) is 30.3 Å². The van der Waals surface area contributed by atoms with Gasteiger partial charge in [0.15, 0.2) is 23.3 Å². The molecular weight excluding hydrogens is 308 g/mol. The Labute approximate surface area is 121 Å². The summed E-state index contributed by atoms with van der Waals surface area (Å²) < 4.78 is 53.1. The molecule has 3 aromatic rings. The Bertz CT molecular complexity index is 844. The molecule has 2 nitrogen and oxygen atoms in total. The maximum Gasteiger partial charge on any atom is 0.194 e. The highest BCUT2D eigenvalue weighted by atomic mass is 35.5. The van der Waals surface area contributed by atoms with Crippen molar-refractivity contribution in [2.45, 2.75) is 0 Å². The molecule has 0 aliphatic rings. The summed E-state index contributed by atoms with van der Waals surface area (Å²) in [5, 5.41) is -0.191. The molecule has 1 heterocycles. The van der Waals surface area contributed by atoms with Crippen molar-refractivity contribution < 1.29 is 17.6 Å². The quantitative estimate of drug-likeness (QED) is 0.375. The highest BCUT2D eigenvalue weighted by molar-refractivity contribution is 6.34. The normalized spacial score (nSPS) is 11.1. The SMILES string of the molecule is Fc1cc(-c2nc(Cl)c3c(F)cccc3n2)cc(F)c1F. The maximum atomic E-state index is 13.6. The number of hydrogen-bond donors (Lipinski definition) is 0. The first-order chi connectivity index (χ1) is 9.97. The highest BCUT2D eigenvalue weighted by Gasteiger charge is 2.16. The van der Waals surface area contributed by atoms with E-state index in [0.29, 0.717) is 0 Å². The monoisotopic (exact) mass is 312 g/mol. The van der Waals surface area contributed by atoms with Gasteiger partial charge in [-0.05, 0) is 24.3 Å². The zero-order valence-electron chi connectivity index (χ0n) is 10.2. The Morgan fingerprint density at radius 2 is 1.52 bits per heavy atom. The lowest BCUT2D eigenvalue weighted by molar-refractivity contribution is 0.447. The van der Waals surface area contributed by atoms with Crippen LogP contribution in [-0.4, -0.2) is 9.97 Å². The second kappa shape index (κ2) is 4.96. The fourth-order valence-corrected chi connectivity index (χ4v) is 2.18. The van der Waals surface area contributed by atoms with Gasteiger partial charge in [-0.3, -0.25) is 0 Å². The molecule has 0 fully saturated rings. The zero-order valence-corrected chi connectivity index (χ0v) is 10.9. The van der Waals surface area contributed by atoms with E-state index in [-0.39, 0.29) is 27.4 Å². The van der Waals surface area contributed by atoms with Gasteiger partial charge in [0.25, 0.3) is 0 Å². The van der Waals surface area contributed by atoms with Gasteiger partial charge in [0.2, 0.25) is 0 Å². The van der Waals surface area contributed by atoms with Crippen molar-refractivity contribution in [1.82, 2.24) is 9.97 Å². The van der Waals surface area contributed by atoms with Crippen LogP contribution < -0.4 is 0 Å². The van der Waals surface area contributed by atoms with Gasteiger partial charge in [0, 0.05) is 5.56 Å². The summed E-state index contributed by atoms with van der Waals surface area (Å²) >= 11 is 5.88. The minimum Gasteiger partial charge on any atom is -0.228 e. The van der Waals surface area contributed by atoms with E-state index in [1.165, 1.54) is 18.2 Å². The van der Waals surface area contributed by atoms with Crippen LogP contribution in [0.4, 0.5) is 17.6 Å². The van der Waals surface area contributed by atoms with Crippen LogP contribution in [0.1, 0.15) is 0 Å². The standard InChI is InChI=1S/C14H5ClF4N2/c15-13-11-7(16)2-1-3-10(11)20-14(21-13)6-4-8(17)12(19)9(18)5-6/h1-5H. The molecule has 21 heavy (non-hydrogen) atoms. The second-order valence-electron chi connectivity index (χ2n) is 4.23. The fraction of sp³-hybridized carbons (Fsp3) is 0. The van der Waals surface area contributed by atoms with Crippen molar-refractivity contribution in [2.24, 2.45) is 0 Å². The number of hydrogen-bond acceptors (Lipinski definition) is 2. The van der Waals surface area contributed by atoms with E-state index in [9.17, 15) is 17.6 Å². The smallest absolute Gasteiger partial charge is 0.194 e. The van der Waals surface area contributed by atoms with Crippen LogP contribution in [0, 0.1) is 23.3 Å². The van der Waals surface area contributed by atoms with E-state index in [1.54, 1.807) is 0 Å². The lowest BCUT2D eigenvalue weighted by atomic mass is 10.1. The zero-order chi connectivity index (χ0) is 15.1. The van der Waals surface area contributed by atoms with Crippen molar-refractivity contribution in [1.29, 1.82) is 0 Å². The predicted octanol–water partition coefficient (Wildman–Crippen LogP) is 4.51. The molecule has 0 saturated carbocycles. The van der Waals surface area contributed by atoms with E-state index in [0.717, 1.165) is 12.1 Å². The first-order valence-electron chi connectivity index (χ1n) is 5.74. The average molecular weight is 313 g/mol. The summed E-state index contributed by atoms with van der Waals surface area (Å²) in [6.07, 6.45) is 0. The molecule has 0 bridgehead atoms. The first kappa shape index (κ1) is 13.8. The molecule has 0 amide bonds. The predicted molar refractivity (Wildman–Crippen MR) is 69.8 cm³/mol. The van der Waals surface area contributed by atoms with Crippen molar-refractivity contribution in [3.8, 4) is 11.4 Å². The van der Waals surface area contributed by atoms with Crippen molar-refractivity contribution in [3.63, 3.8) is 0 Å². The molecule has 0 spiro atoms. The van der Waals surface area contributed by atoms with Gasteiger partial charge in [-0.15, -0.1) is 0 Å². The number of nitrogens with zero attached hydrogens (tertiary/aromatic N) is 2. The summed E-state index contributed by atoms with van der Waals surface area (Å²) in [7, 11) is 0. The van der Waals surface area contributed by atoms with Crippen molar-refractivity contribution in [2.75, 3.05) is 0 Å². The first-order valence-corrected chi connectivity index (χ1v) is 6.12. The lowest BCUT2D eigenvalue weighted by Gasteiger charge is -2.06. The number of aromatic nitrogens is 2. The third-order valence-electron chi connectivity index (χ3n) is 2.87. The number of fused-ring (bicyclic) bond motifs is 1. The Morgan fingerprint density at radius 3 is 2.19 bits per heavy atom. The highest BCUT2D eigenvalue weighted by Crippen LogP contribution is 2.28. The Hall–Kier alpha value is -2.21. The minimum absolute atomic E-state index is 0.00553. The molecule has 0 atom stereocenters. The molecular formula is C14H5ClF4N2. The summed E-state index contributed by atoms with van der Waals surface area (Å²) in [5.41, 5.74) is 0.0783. The van der Waals surface area contributed by atoms with Crippen LogP contribution in [0.5, 0.6) is 0 Å². The minimum atomic E-state index is -1.59. The van der Waals surface area contributed by atoms with E-state index in [1.807, 2.05) is 0 Å². The van der Waals surface area contributed by atoms with Crippen LogP contribution in [0.3, 0.4) is 0 Å².